The van der Waals surface area contributed by atoms with E-state index in [1.807, 2.05) is 18.3 Å². The van der Waals surface area contributed by atoms with Crippen molar-refractivity contribution in [3.63, 3.8) is 0 Å². The van der Waals surface area contributed by atoms with Gasteiger partial charge >= 0.3 is 5.97 Å². The van der Waals surface area contributed by atoms with Crippen molar-refractivity contribution in [3.05, 3.63) is 53.6 Å². The Bertz CT molecular complexity index is 1340. The number of pyridine rings is 1. The minimum Gasteiger partial charge on any atom is -0.469 e. The number of hydrogen-bond donors (Lipinski definition) is 1. The van der Waals surface area contributed by atoms with Crippen molar-refractivity contribution < 1.29 is 13.9 Å². The van der Waals surface area contributed by atoms with Gasteiger partial charge in [-0.3, -0.25) is 9.69 Å². The number of anilines is 1. The molecule has 6 rings (SSSR count). The van der Waals surface area contributed by atoms with Crippen LogP contribution in [0.4, 0.5) is 10.1 Å². The number of H-pyrrole nitrogens is 1. The number of carbonyl (C=O) groups is 1. The molecule has 1 saturated carbocycles. The topological polar surface area (TPSA) is 61.5 Å². The fourth-order valence-electron chi connectivity index (χ4n) is 6.31. The zero-order valence-electron chi connectivity index (χ0n) is 20.5. The second kappa shape index (κ2) is 8.48. The molecule has 0 spiro atoms. The summed E-state index contributed by atoms with van der Waals surface area (Å²) in [6.45, 7) is 4.05. The summed E-state index contributed by atoms with van der Waals surface area (Å²) in [5.41, 5.74) is 7.59. The van der Waals surface area contributed by atoms with E-state index in [0.717, 1.165) is 72.3 Å². The SMILES string of the molecule is CC[C@H]1c2c(C3=CCN(C4CC(C(=O)OC)C4)CC3)[nH]c3nccc(c23)-c2cc(F)ccc2N1C. The van der Waals surface area contributed by atoms with Gasteiger partial charge in [-0.05, 0) is 61.1 Å². The van der Waals surface area contributed by atoms with E-state index in [0.29, 0.717) is 6.04 Å². The summed E-state index contributed by atoms with van der Waals surface area (Å²) < 4.78 is 19.2. The minimum atomic E-state index is -0.227. The van der Waals surface area contributed by atoms with Gasteiger partial charge in [0, 0.05) is 60.3 Å². The Kier molecular flexibility index (Phi) is 5.40. The molecule has 35 heavy (non-hydrogen) atoms. The van der Waals surface area contributed by atoms with Crippen LogP contribution >= 0.6 is 0 Å². The largest absolute Gasteiger partial charge is 0.469 e. The van der Waals surface area contributed by atoms with Crippen LogP contribution in [-0.2, 0) is 9.53 Å². The molecule has 1 aliphatic carbocycles. The first kappa shape index (κ1) is 22.3. The molecule has 0 radical (unpaired) electrons. The van der Waals surface area contributed by atoms with Crippen molar-refractivity contribution in [2.45, 2.75) is 44.7 Å². The van der Waals surface area contributed by atoms with Crippen LogP contribution in [-0.4, -0.2) is 54.1 Å². The third-order valence-electron chi connectivity index (χ3n) is 8.28. The van der Waals surface area contributed by atoms with Crippen LogP contribution in [0.15, 0.2) is 36.5 Å². The van der Waals surface area contributed by atoms with Gasteiger partial charge in [-0.15, -0.1) is 0 Å². The highest BCUT2D eigenvalue weighted by Gasteiger charge is 2.39. The Balaban J connectivity index is 1.38. The van der Waals surface area contributed by atoms with Gasteiger partial charge in [0.25, 0.3) is 0 Å². The summed E-state index contributed by atoms with van der Waals surface area (Å²) in [4.78, 5) is 24.9. The highest BCUT2D eigenvalue weighted by molar-refractivity contribution is 6.03. The van der Waals surface area contributed by atoms with Crippen molar-refractivity contribution in [2.75, 3.05) is 32.1 Å². The van der Waals surface area contributed by atoms with Gasteiger partial charge in [0.05, 0.1) is 19.1 Å². The normalized spacial score (nSPS) is 23.9. The van der Waals surface area contributed by atoms with Gasteiger partial charge in [0.1, 0.15) is 11.5 Å². The molecular weight excluding hydrogens is 443 g/mol. The van der Waals surface area contributed by atoms with E-state index >= 15 is 0 Å². The van der Waals surface area contributed by atoms with Crippen molar-refractivity contribution in [3.8, 4) is 11.1 Å². The molecule has 0 unspecified atom stereocenters. The number of nitrogens with one attached hydrogen (secondary N) is 1. The van der Waals surface area contributed by atoms with Crippen LogP contribution in [0.25, 0.3) is 27.7 Å². The molecule has 1 fully saturated rings. The maximum absolute atomic E-state index is 14.3. The van der Waals surface area contributed by atoms with Crippen LogP contribution in [0.2, 0.25) is 0 Å². The van der Waals surface area contributed by atoms with Gasteiger partial charge in [-0.1, -0.05) is 13.0 Å². The summed E-state index contributed by atoms with van der Waals surface area (Å²) in [6.07, 6.45) is 7.79. The quantitative estimate of drug-likeness (QED) is 0.519. The smallest absolute Gasteiger partial charge is 0.308 e. The minimum absolute atomic E-state index is 0.0501. The summed E-state index contributed by atoms with van der Waals surface area (Å²) in [6, 6.07) is 7.71. The second-order valence-electron chi connectivity index (χ2n) is 10.0. The Labute approximate surface area is 204 Å². The number of methoxy groups -OCH3 is 1. The molecular formula is C28H31FN4O2. The van der Waals surface area contributed by atoms with E-state index < -0.39 is 0 Å². The monoisotopic (exact) mass is 474 g/mol. The lowest BCUT2D eigenvalue weighted by Gasteiger charge is -2.42. The van der Waals surface area contributed by atoms with Crippen LogP contribution < -0.4 is 4.90 Å². The van der Waals surface area contributed by atoms with Gasteiger partial charge in [0.2, 0.25) is 0 Å². The van der Waals surface area contributed by atoms with E-state index in [4.69, 9.17) is 4.74 Å². The second-order valence-corrected chi connectivity index (χ2v) is 10.0. The summed E-state index contributed by atoms with van der Waals surface area (Å²) in [5, 5.41) is 1.11. The highest BCUT2D eigenvalue weighted by Crippen LogP contribution is 2.48. The summed E-state index contributed by atoms with van der Waals surface area (Å²) in [7, 11) is 3.58. The van der Waals surface area contributed by atoms with E-state index in [1.54, 1.807) is 12.1 Å². The molecule has 3 aliphatic rings. The maximum atomic E-state index is 14.3. The Morgan fingerprint density at radius 2 is 2.09 bits per heavy atom. The first-order valence-electron chi connectivity index (χ1n) is 12.5. The summed E-state index contributed by atoms with van der Waals surface area (Å²) in [5.74, 6) is -0.259. The Hall–Kier alpha value is -3.19. The lowest BCUT2D eigenvalue weighted by molar-refractivity contribution is -0.150. The van der Waals surface area contributed by atoms with Crippen molar-refractivity contribution in [1.29, 1.82) is 0 Å². The number of rotatable bonds is 4. The van der Waals surface area contributed by atoms with E-state index in [9.17, 15) is 9.18 Å². The molecule has 182 valence electrons. The number of halogens is 1. The van der Waals surface area contributed by atoms with E-state index in [-0.39, 0.29) is 23.7 Å². The lowest BCUT2D eigenvalue weighted by Crippen LogP contribution is -2.48. The fourth-order valence-corrected chi connectivity index (χ4v) is 6.31. The molecule has 0 bridgehead atoms. The zero-order chi connectivity index (χ0) is 24.3. The Morgan fingerprint density at radius 1 is 1.26 bits per heavy atom. The molecule has 3 aromatic rings. The summed E-state index contributed by atoms with van der Waals surface area (Å²) >= 11 is 0. The molecule has 1 atom stereocenters. The van der Waals surface area contributed by atoms with Gasteiger partial charge in [0.15, 0.2) is 0 Å². The maximum Gasteiger partial charge on any atom is 0.308 e. The van der Waals surface area contributed by atoms with Crippen molar-refractivity contribution in [2.24, 2.45) is 5.92 Å². The standard InChI is InChI=1S/C28H31FN4O2/c1-4-22-25-24-20(21-15-18(29)5-6-23(21)32(22)2)7-10-30-27(24)31-26(25)16-8-11-33(12-9-16)19-13-17(14-19)28(34)35-3/h5-8,10,15,17,19,22H,4,9,11-14H2,1-3H3,(H,30,31)/t17?,19?,22-/m0/s1. The van der Waals surface area contributed by atoms with Crippen molar-refractivity contribution >= 4 is 28.3 Å². The molecule has 1 N–H and O–H groups in total. The fraction of sp³-hybridized carbons (Fsp3) is 0.429. The number of esters is 1. The first-order valence-corrected chi connectivity index (χ1v) is 12.5. The number of aromatic nitrogens is 2. The molecule has 1 aromatic carbocycles. The van der Waals surface area contributed by atoms with E-state index in [1.165, 1.54) is 18.2 Å². The Morgan fingerprint density at radius 3 is 2.80 bits per heavy atom. The first-order chi connectivity index (χ1) is 17.0. The molecule has 7 heteroatoms. The molecule has 0 saturated heterocycles. The average molecular weight is 475 g/mol. The molecule has 2 aliphatic heterocycles. The number of hydrogen-bond acceptors (Lipinski definition) is 5. The van der Waals surface area contributed by atoms with Crippen molar-refractivity contribution in [1.82, 2.24) is 14.9 Å². The molecule has 6 nitrogen and oxygen atoms in total. The van der Waals surface area contributed by atoms with Gasteiger partial charge in [-0.25, -0.2) is 9.37 Å². The number of aromatic amines is 1. The third kappa shape index (κ3) is 3.47. The number of carbonyl (C=O) groups excluding carboxylic acids is 1. The van der Waals surface area contributed by atoms with Crippen LogP contribution in [0.5, 0.6) is 0 Å². The predicted octanol–water partition coefficient (Wildman–Crippen LogP) is 5.31. The third-order valence-corrected chi connectivity index (χ3v) is 8.28. The molecule has 0 amide bonds. The van der Waals surface area contributed by atoms with Gasteiger partial charge in [-0.2, -0.15) is 0 Å². The molecule has 2 aromatic heterocycles. The molecule has 4 heterocycles. The number of fused-ring (bicyclic) bond motifs is 2. The number of benzene rings is 1. The van der Waals surface area contributed by atoms with Gasteiger partial charge < -0.3 is 14.6 Å². The van der Waals surface area contributed by atoms with Crippen LogP contribution in [0.1, 0.15) is 49.9 Å². The lowest BCUT2D eigenvalue weighted by atomic mass is 9.78. The number of ether oxygens (including phenoxy) is 1. The van der Waals surface area contributed by atoms with E-state index in [2.05, 4.69) is 39.8 Å². The zero-order valence-corrected chi connectivity index (χ0v) is 20.5. The average Bonchev–Trinajstić information content (AvgIpc) is 3.18. The number of nitrogens with zero attached hydrogens (tertiary/aromatic N) is 3. The predicted molar refractivity (Wildman–Crippen MR) is 136 cm³/mol. The van der Waals surface area contributed by atoms with Crippen LogP contribution in [0, 0.1) is 11.7 Å². The highest BCUT2D eigenvalue weighted by atomic mass is 19.1. The van der Waals surface area contributed by atoms with Crippen LogP contribution in [0.3, 0.4) is 0 Å².